The van der Waals surface area contributed by atoms with Crippen LogP contribution >= 0.6 is 0 Å². The zero-order valence-corrected chi connectivity index (χ0v) is 10.5. The first-order chi connectivity index (χ1) is 9.74. The van der Waals surface area contributed by atoms with Gasteiger partial charge in [-0.2, -0.15) is 4.68 Å². The summed E-state index contributed by atoms with van der Waals surface area (Å²) in [5.41, 5.74) is 1.15. The molecule has 1 aliphatic heterocycles. The van der Waals surface area contributed by atoms with Crippen molar-refractivity contribution in [3.05, 3.63) is 46.3 Å². The molecule has 20 heavy (non-hydrogen) atoms. The largest absolute Gasteiger partial charge is 0.295 e. The predicted octanol–water partition coefficient (Wildman–Crippen LogP) is 1.06. The van der Waals surface area contributed by atoms with E-state index in [1.54, 1.807) is 16.7 Å². The third kappa shape index (κ3) is 1.49. The first-order valence-corrected chi connectivity index (χ1v) is 6.35. The molecule has 0 spiro atoms. The van der Waals surface area contributed by atoms with Crippen molar-refractivity contribution in [3.63, 3.8) is 0 Å². The second-order valence-electron chi connectivity index (χ2n) is 4.74. The quantitative estimate of drug-likeness (QED) is 0.664. The lowest BCUT2D eigenvalue weighted by Gasteiger charge is -2.03. The molecule has 0 radical (unpaired) electrons. The first-order valence-electron chi connectivity index (χ1n) is 6.35. The van der Waals surface area contributed by atoms with Crippen LogP contribution < -0.4 is 5.56 Å². The molecule has 0 N–H and O–H groups in total. The molecule has 0 fully saturated rings. The van der Waals surface area contributed by atoms with Crippen molar-refractivity contribution in [2.45, 2.75) is 19.4 Å². The van der Waals surface area contributed by atoms with Gasteiger partial charge in [0, 0.05) is 13.0 Å². The lowest BCUT2D eigenvalue weighted by Crippen LogP contribution is -2.21. The molecule has 1 aromatic carbocycles. The van der Waals surface area contributed by atoms with Crippen LogP contribution in [-0.2, 0) is 13.0 Å². The molecule has 7 heteroatoms. The summed E-state index contributed by atoms with van der Waals surface area (Å²) < 4.78 is 16.1. The van der Waals surface area contributed by atoms with E-state index in [0.29, 0.717) is 17.9 Å². The van der Waals surface area contributed by atoms with Gasteiger partial charge in [-0.15, -0.1) is 5.10 Å². The Labute approximate surface area is 112 Å². The van der Waals surface area contributed by atoms with E-state index in [0.717, 1.165) is 18.7 Å². The summed E-state index contributed by atoms with van der Waals surface area (Å²) in [6, 6.07) is 5.83. The maximum Gasteiger partial charge on any atom is 0.283 e. The lowest BCUT2D eigenvalue weighted by molar-refractivity contribution is 0.627. The molecule has 3 heterocycles. The number of fused-ring (bicyclic) bond motifs is 2. The van der Waals surface area contributed by atoms with Crippen LogP contribution in [0.15, 0.2) is 29.1 Å². The SMILES string of the molecule is O=c1c2nnn(-c3ccc(F)cc3)c2nc2n1CCC2. The Bertz CT molecular complexity index is 865. The number of halogens is 1. The Morgan fingerprint density at radius 1 is 1.20 bits per heavy atom. The topological polar surface area (TPSA) is 65.6 Å². The van der Waals surface area contributed by atoms with Crippen LogP contribution in [0.5, 0.6) is 0 Å². The summed E-state index contributed by atoms with van der Waals surface area (Å²) in [5, 5.41) is 7.88. The summed E-state index contributed by atoms with van der Waals surface area (Å²) in [4.78, 5) is 16.7. The van der Waals surface area contributed by atoms with Gasteiger partial charge in [-0.05, 0) is 30.7 Å². The fourth-order valence-electron chi connectivity index (χ4n) is 2.52. The van der Waals surface area contributed by atoms with E-state index < -0.39 is 0 Å². The molecule has 3 aromatic rings. The maximum absolute atomic E-state index is 13.0. The number of benzene rings is 1. The predicted molar refractivity (Wildman–Crippen MR) is 69.2 cm³/mol. The van der Waals surface area contributed by atoms with Crippen molar-refractivity contribution in [2.24, 2.45) is 0 Å². The zero-order chi connectivity index (χ0) is 13.7. The second kappa shape index (κ2) is 3.96. The molecule has 0 saturated carbocycles. The third-order valence-corrected chi connectivity index (χ3v) is 3.49. The Balaban J connectivity index is 2.00. The van der Waals surface area contributed by atoms with Gasteiger partial charge in [-0.25, -0.2) is 9.37 Å². The summed E-state index contributed by atoms with van der Waals surface area (Å²) >= 11 is 0. The van der Waals surface area contributed by atoms with Crippen molar-refractivity contribution in [2.75, 3.05) is 0 Å². The van der Waals surface area contributed by atoms with E-state index >= 15 is 0 Å². The fraction of sp³-hybridized carbons (Fsp3) is 0.231. The molecule has 6 nitrogen and oxygen atoms in total. The normalized spacial score (nSPS) is 13.8. The van der Waals surface area contributed by atoms with Gasteiger partial charge >= 0.3 is 0 Å². The standard InChI is InChI=1S/C13H10FN5O/c14-8-3-5-9(6-4-8)19-12-11(16-17-19)13(20)18-7-1-2-10(18)15-12/h3-6H,1-2,7H2. The van der Waals surface area contributed by atoms with Crippen molar-refractivity contribution in [3.8, 4) is 5.69 Å². The molecule has 0 bridgehead atoms. The van der Waals surface area contributed by atoms with E-state index in [1.807, 2.05) is 0 Å². The highest BCUT2D eigenvalue weighted by Crippen LogP contribution is 2.16. The Morgan fingerprint density at radius 3 is 2.80 bits per heavy atom. The van der Waals surface area contributed by atoms with Crippen LogP contribution in [0.1, 0.15) is 12.2 Å². The first kappa shape index (κ1) is 11.3. The van der Waals surface area contributed by atoms with Gasteiger partial charge in [0.05, 0.1) is 5.69 Å². The fourth-order valence-corrected chi connectivity index (χ4v) is 2.52. The number of hydrogen-bond donors (Lipinski definition) is 0. The minimum absolute atomic E-state index is 0.157. The van der Waals surface area contributed by atoms with Gasteiger partial charge < -0.3 is 0 Å². The van der Waals surface area contributed by atoms with Gasteiger partial charge in [0.1, 0.15) is 11.6 Å². The van der Waals surface area contributed by atoms with Gasteiger partial charge in [-0.1, -0.05) is 5.21 Å². The highest BCUT2D eigenvalue weighted by atomic mass is 19.1. The summed E-state index contributed by atoms with van der Waals surface area (Å²) in [5.74, 6) is 0.431. The second-order valence-corrected chi connectivity index (χ2v) is 4.74. The van der Waals surface area contributed by atoms with Crippen LogP contribution in [0.2, 0.25) is 0 Å². The van der Waals surface area contributed by atoms with E-state index in [2.05, 4.69) is 15.3 Å². The smallest absolute Gasteiger partial charge is 0.283 e. The lowest BCUT2D eigenvalue weighted by atomic mass is 10.3. The van der Waals surface area contributed by atoms with Crippen molar-refractivity contribution in [1.29, 1.82) is 0 Å². The maximum atomic E-state index is 13.0. The molecule has 0 aliphatic carbocycles. The van der Waals surface area contributed by atoms with E-state index in [4.69, 9.17) is 0 Å². The van der Waals surface area contributed by atoms with Gasteiger partial charge in [0.25, 0.3) is 5.56 Å². The molecule has 2 aromatic heterocycles. The highest BCUT2D eigenvalue weighted by Gasteiger charge is 2.20. The zero-order valence-electron chi connectivity index (χ0n) is 10.5. The Kier molecular flexibility index (Phi) is 2.23. The molecule has 0 atom stereocenters. The molecule has 1 aliphatic rings. The van der Waals surface area contributed by atoms with E-state index in [1.165, 1.54) is 16.8 Å². The number of hydrogen-bond acceptors (Lipinski definition) is 4. The van der Waals surface area contributed by atoms with Crippen LogP contribution in [0.25, 0.3) is 16.9 Å². The molecule has 4 rings (SSSR count). The van der Waals surface area contributed by atoms with Crippen LogP contribution in [-0.4, -0.2) is 24.5 Å². The van der Waals surface area contributed by atoms with Crippen LogP contribution in [0.4, 0.5) is 4.39 Å². The van der Waals surface area contributed by atoms with Crippen LogP contribution in [0, 0.1) is 5.82 Å². The number of aromatic nitrogens is 5. The van der Waals surface area contributed by atoms with Crippen molar-refractivity contribution in [1.82, 2.24) is 24.5 Å². The molecule has 0 unspecified atom stereocenters. The molecule has 100 valence electrons. The minimum atomic E-state index is -0.327. The molecule has 0 saturated heterocycles. The summed E-state index contributed by atoms with van der Waals surface area (Å²) in [7, 11) is 0. The van der Waals surface area contributed by atoms with Gasteiger partial charge in [-0.3, -0.25) is 9.36 Å². The number of nitrogens with zero attached hydrogens (tertiary/aromatic N) is 5. The van der Waals surface area contributed by atoms with Crippen molar-refractivity contribution >= 4 is 11.2 Å². The number of aryl methyl sites for hydroxylation is 1. The molecule has 0 amide bonds. The number of rotatable bonds is 1. The molecular weight excluding hydrogens is 261 g/mol. The van der Waals surface area contributed by atoms with E-state index in [9.17, 15) is 9.18 Å². The highest BCUT2D eigenvalue weighted by molar-refractivity contribution is 5.70. The monoisotopic (exact) mass is 271 g/mol. The summed E-state index contributed by atoms with van der Waals surface area (Å²) in [6.45, 7) is 0.681. The van der Waals surface area contributed by atoms with Gasteiger partial charge in [0.2, 0.25) is 0 Å². The van der Waals surface area contributed by atoms with Crippen molar-refractivity contribution < 1.29 is 4.39 Å². The summed E-state index contributed by atoms with van der Waals surface area (Å²) in [6.07, 6.45) is 1.69. The average Bonchev–Trinajstić information content (AvgIpc) is 3.07. The Hall–Kier alpha value is -2.57. The minimum Gasteiger partial charge on any atom is -0.295 e. The average molecular weight is 271 g/mol. The molecular formula is C13H10FN5O. The Morgan fingerprint density at radius 2 is 2.00 bits per heavy atom. The van der Waals surface area contributed by atoms with E-state index in [-0.39, 0.29) is 16.9 Å². The van der Waals surface area contributed by atoms with Crippen LogP contribution in [0.3, 0.4) is 0 Å². The third-order valence-electron chi connectivity index (χ3n) is 3.49. The van der Waals surface area contributed by atoms with Gasteiger partial charge in [0.15, 0.2) is 11.2 Å².